The molecule has 1 unspecified atom stereocenters. The average molecular weight is 348 g/mol. The highest BCUT2D eigenvalue weighted by molar-refractivity contribution is 5.89. The van der Waals surface area contributed by atoms with Crippen molar-refractivity contribution in [2.45, 2.75) is 71.0 Å². The SMILES string of the molecule is CCOC(=O)c1ccc(CCCCCCCOC2CCCCO2)cc1. The van der Waals surface area contributed by atoms with Gasteiger partial charge in [-0.25, -0.2) is 4.79 Å². The van der Waals surface area contributed by atoms with Crippen LogP contribution >= 0.6 is 0 Å². The van der Waals surface area contributed by atoms with E-state index >= 15 is 0 Å². The normalized spacial score (nSPS) is 17.4. The molecular formula is C21H32O4. The van der Waals surface area contributed by atoms with Gasteiger partial charge in [0.05, 0.1) is 12.2 Å². The second kappa shape index (κ2) is 12.0. The van der Waals surface area contributed by atoms with Crippen molar-refractivity contribution >= 4 is 5.97 Å². The predicted octanol–water partition coefficient (Wildman–Crippen LogP) is 4.90. The summed E-state index contributed by atoms with van der Waals surface area (Å²) < 4.78 is 16.3. The predicted molar refractivity (Wildman–Crippen MR) is 98.7 cm³/mol. The van der Waals surface area contributed by atoms with Gasteiger partial charge in [0.1, 0.15) is 0 Å². The molecule has 1 heterocycles. The van der Waals surface area contributed by atoms with E-state index in [1.807, 2.05) is 31.2 Å². The van der Waals surface area contributed by atoms with Crippen LogP contribution in [0.15, 0.2) is 24.3 Å². The van der Waals surface area contributed by atoms with E-state index in [0.717, 1.165) is 32.5 Å². The van der Waals surface area contributed by atoms with Crippen LogP contribution in [0, 0.1) is 0 Å². The number of carbonyl (C=O) groups is 1. The zero-order chi connectivity index (χ0) is 17.7. The van der Waals surface area contributed by atoms with Gasteiger partial charge in [-0.15, -0.1) is 0 Å². The average Bonchev–Trinajstić information content (AvgIpc) is 2.65. The van der Waals surface area contributed by atoms with Crippen molar-refractivity contribution in [2.75, 3.05) is 19.8 Å². The maximum Gasteiger partial charge on any atom is 0.338 e. The molecule has 2 rings (SSSR count). The van der Waals surface area contributed by atoms with Crippen molar-refractivity contribution in [3.05, 3.63) is 35.4 Å². The number of hydrogen-bond donors (Lipinski definition) is 0. The monoisotopic (exact) mass is 348 g/mol. The zero-order valence-electron chi connectivity index (χ0n) is 15.5. The first kappa shape index (κ1) is 19.9. The first-order chi connectivity index (χ1) is 12.3. The van der Waals surface area contributed by atoms with Gasteiger partial charge in [0, 0.05) is 13.2 Å². The molecule has 140 valence electrons. The van der Waals surface area contributed by atoms with E-state index < -0.39 is 0 Å². The number of esters is 1. The summed E-state index contributed by atoms with van der Waals surface area (Å²) in [7, 11) is 0. The van der Waals surface area contributed by atoms with Gasteiger partial charge < -0.3 is 14.2 Å². The van der Waals surface area contributed by atoms with E-state index in [4.69, 9.17) is 14.2 Å². The van der Waals surface area contributed by atoms with Crippen LogP contribution in [0.4, 0.5) is 0 Å². The largest absolute Gasteiger partial charge is 0.462 e. The van der Waals surface area contributed by atoms with Gasteiger partial charge in [0.25, 0.3) is 0 Å². The van der Waals surface area contributed by atoms with Gasteiger partial charge in [-0.3, -0.25) is 0 Å². The molecule has 1 aliphatic heterocycles. The van der Waals surface area contributed by atoms with Crippen LogP contribution < -0.4 is 0 Å². The third kappa shape index (κ3) is 8.02. The summed E-state index contributed by atoms with van der Waals surface area (Å²) in [6.07, 6.45) is 10.6. The number of aryl methyl sites for hydroxylation is 1. The van der Waals surface area contributed by atoms with Gasteiger partial charge in [0.15, 0.2) is 6.29 Å². The number of ether oxygens (including phenoxy) is 3. The van der Waals surface area contributed by atoms with Crippen molar-refractivity contribution in [1.29, 1.82) is 0 Å². The Morgan fingerprint density at radius 2 is 1.84 bits per heavy atom. The molecule has 1 saturated heterocycles. The Kier molecular flexibility index (Phi) is 9.60. The third-order valence-corrected chi connectivity index (χ3v) is 4.52. The van der Waals surface area contributed by atoms with Crippen LogP contribution in [0.5, 0.6) is 0 Å². The van der Waals surface area contributed by atoms with Crippen molar-refractivity contribution in [2.24, 2.45) is 0 Å². The van der Waals surface area contributed by atoms with Gasteiger partial charge in [-0.2, -0.15) is 0 Å². The van der Waals surface area contributed by atoms with Gasteiger partial charge in [-0.1, -0.05) is 31.4 Å². The maximum absolute atomic E-state index is 11.6. The molecule has 0 saturated carbocycles. The maximum atomic E-state index is 11.6. The molecule has 0 amide bonds. The molecule has 1 aromatic carbocycles. The Balaban J connectivity index is 1.48. The summed E-state index contributed by atoms with van der Waals surface area (Å²) in [6.45, 7) is 3.91. The fourth-order valence-corrected chi connectivity index (χ4v) is 3.04. The summed E-state index contributed by atoms with van der Waals surface area (Å²) in [5.74, 6) is -0.241. The van der Waals surface area contributed by atoms with Gasteiger partial charge in [0.2, 0.25) is 0 Å². The highest BCUT2D eigenvalue weighted by Crippen LogP contribution is 2.15. The standard InChI is InChI=1S/C21H32O4/c1-2-23-21(22)19-14-12-18(13-15-19)10-6-4-3-5-8-16-24-20-11-7-9-17-25-20/h12-15,20H,2-11,16-17H2,1H3. The Bertz CT molecular complexity index is 477. The molecular weight excluding hydrogens is 316 g/mol. The first-order valence-corrected chi connectivity index (χ1v) is 9.79. The Morgan fingerprint density at radius 1 is 1.08 bits per heavy atom. The van der Waals surface area contributed by atoms with Gasteiger partial charge in [-0.05, 0) is 63.1 Å². The minimum absolute atomic E-state index is 0.0475. The molecule has 0 spiro atoms. The lowest BCUT2D eigenvalue weighted by Crippen LogP contribution is -2.22. The minimum Gasteiger partial charge on any atom is -0.462 e. The van der Waals surface area contributed by atoms with Crippen LogP contribution in [0.1, 0.15) is 74.2 Å². The van der Waals surface area contributed by atoms with Crippen molar-refractivity contribution in [3.8, 4) is 0 Å². The van der Waals surface area contributed by atoms with E-state index in [2.05, 4.69) is 0 Å². The smallest absolute Gasteiger partial charge is 0.338 e. The van der Waals surface area contributed by atoms with E-state index in [0.29, 0.717) is 12.2 Å². The molecule has 1 aliphatic rings. The van der Waals surface area contributed by atoms with Crippen LogP contribution in [0.2, 0.25) is 0 Å². The minimum atomic E-state index is -0.241. The van der Waals surface area contributed by atoms with Crippen molar-refractivity contribution < 1.29 is 19.0 Å². The van der Waals surface area contributed by atoms with Gasteiger partial charge >= 0.3 is 5.97 Å². The quantitative estimate of drug-likeness (QED) is 0.421. The summed E-state index contributed by atoms with van der Waals surface area (Å²) in [5.41, 5.74) is 1.92. The van der Waals surface area contributed by atoms with E-state index in [9.17, 15) is 4.79 Å². The molecule has 1 atom stereocenters. The second-order valence-corrected chi connectivity index (χ2v) is 6.60. The summed E-state index contributed by atoms with van der Waals surface area (Å²) in [4.78, 5) is 11.6. The van der Waals surface area contributed by atoms with E-state index in [1.54, 1.807) is 0 Å². The zero-order valence-corrected chi connectivity index (χ0v) is 15.5. The van der Waals surface area contributed by atoms with Crippen LogP contribution in [-0.4, -0.2) is 32.1 Å². The lowest BCUT2D eigenvalue weighted by molar-refractivity contribution is -0.162. The van der Waals surface area contributed by atoms with Crippen LogP contribution in [0.25, 0.3) is 0 Å². The summed E-state index contributed by atoms with van der Waals surface area (Å²) in [6, 6.07) is 7.78. The molecule has 4 heteroatoms. The molecule has 0 N–H and O–H groups in total. The number of benzene rings is 1. The topological polar surface area (TPSA) is 44.8 Å². The molecule has 4 nitrogen and oxygen atoms in total. The number of rotatable bonds is 11. The lowest BCUT2D eigenvalue weighted by Gasteiger charge is -2.22. The Hall–Kier alpha value is -1.39. The third-order valence-electron chi connectivity index (χ3n) is 4.52. The molecule has 0 bridgehead atoms. The molecule has 1 aromatic rings. The molecule has 25 heavy (non-hydrogen) atoms. The molecule has 1 fully saturated rings. The Labute approximate surface area is 151 Å². The second-order valence-electron chi connectivity index (χ2n) is 6.60. The van der Waals surface area contributed by atoms with E-state index in [1.165, 1.54) is 44.1 Å². The highest BCUT2D eigenvalue weighted by Gasteiger charge is 2.13. The Morgan fingerprint density at radius 3 is 2.56 bits per heavy atom. The number of hydrogen-bond acceptors (Lipinski definition) is 4. The lowest BCUT2D eigenvalue weighted by atomic mass is 10.0. The summed E-state index contributed by atoms with van der Waals surface area (Å²) >= 11 is 0. The fraction of sp³-hybridized carbons (Fsp3) is 0.667. The van der Waals surface area contributed by atoms with Crippen molar-refractivity contribution in [3.63, 3.8) is 0 Å². The highest BCUT2D eigenvalue weighted by atomic mass is 16.7. The van der Waals surface area contributed by atoms with Crippen LogP contribution in [0.3, 0.4) is 0 Å². The fourth-order valence-electron chi connectivity index (χ4n) is 3.04. The van der Waals surface area contributed by atoms with Crippen LogP contribution in [-0.2, 0) is 20.6 Å². The van der Waals surface area contributed by atoms with E-state index in [-0.39, 0.29) is 12.3 Å². The molecule has 0 aliphatic carbocycles. The first-order valence-electron chi connectivity index (χ1n) is 9.79. The molecule has 0 radical (unpaired) electrons. The summed E-state index contributed by atoms with van der Waals surface area (Å²) in [5, 5.41) is 0. The number of carbonyl (C=O) groups excluding carboxylic acids is 1. The van der Waals surface area contributed by atoms with Crippen molar-refractivity contribution in [1.82, 2.24) is 0 Å². The molecule has 0 aromatic heterocycles. The number of unbranched alkanes of at least 4 members (excludes halogenated alkanes) is 4.